The molecule has 2 aromatic rings. The Labute approximate surface area is 128 Å². The van der Waals surface area contributed by atoms with Crippen molar-refractivity contribution in [1.82, 2.24) is 4.90 Å². The zero-order valence-electron chi connectivity index (χ0n) is 10.1. The summed E-state index contributed by atoms with van der Waals surface area (Å²) in [6.45, 7) is 0.687. The summed E-state index contributed by atoms with van der Waals surface area (Å²) in [5, 5.41) is 0.156. The van der Waals surface area contributed by atoms with Gasteiger partial charge in [0.15, 0.2) is 0 Å². The molecule has 0 spiro atoms. The number of nitrogens with zero attached hydrogens (tertiary/aromatic N) is 1. The van der Waals surface area contributed by atoms with Crippen molar-refractivity contribution in [3.63, 3.8) is 0 Å². The molecule has 1 unspecified atom stereocenters. The molecule has 1 fully saturated rings. The van der Waals surface area contributed by atoms with E-state index in [1.54, 1.807) is 23.1 Å². The molecule has 1 aliphatic rings. The van der Waals surface area contributed by atoms with Crippen LogP contribution in [0.1, 0.15) is 15.8 Å². The summed E-state index contributed by atoms with van der Waals surface area (Å²) in [6.07, 6.45) is 0. The third kappa shape index (κ3) is 2.88. The second-order valence-corrected chi connectivity index (χ2v) is 7.88. The van der Waals surface area contributed by atoms with Crippen LogP contribution in [0.5, 0.6) is 0 Å². The molecule has 1 aromatic carbocycles. The summed E-state index contributed by atoms with van der Waals surface area (Å²) >= 11 is 6.90. The molecule has 1 amide bonds. The Morgan fingerprint density at radius 3 is 2.68 bits per heavy atom. The number of carbonyl (C=O) groups excluding carboxylic acids is 1. The predicted octanol–water partition coefficient (Wildman–Crippen LogP) is 4.28. The molecule has 0 bridgehead atoms. The molecular weight excluding hydrogens is 342 g/mol. The maximum atomic E-state index is 12.1. The molecule has 0 aliphatic carbocycles. The highest BCUT2D eigenvalue weighted by atomic mass is 79.9. The van der Waals surface area contributed by atoms with E-state index in [1.807, 2.05) is 29.2 Å². The van der Waals surface area contributed by atoms with Gasteiger partial charge in [-0.15, -0.1) is 23.1 Å². The number of thiophene rings is 1. The van der Waals surface area contributed by atoms with Gasteiger partial charge in [-0.3, -0.25) is 4.79 Å². The number of amides is 1. The second kappa shape index (κ2) is 5.69. The zero-order chi connectivity index (χ0) is 13.2. The van der Waals surface area contributed by atoms with Crippen LogP contribution in [0.15, 0.2) is 46.3 Å². The first-order valence-electron chi connectivity index (χ1n) is 5.94. The fourth-order valence-corrected chi connectivity index (χ4v) is 4.95. The quantitative estimate of drug-likeness (QED) is 0.820. The smallest absolute Gasteiger partial charge is 0.234 e. The van der Waals surface area contributed by atoms with Gasteiger partial charge in [0.2, 0.25) is 5.91 Å². The molecule has 98 valence electrons. The third-order valence-electron chi connectivity index (χ3n) is 3.00. The Morgan fingerprint density at radius 1 is 1.21 bits per heavy atom. The molecule has 0 N–H and O–H groups in total. The Hall–Kier alpha value is -0.780. The molecule has 19 heavy (non-hydrogen) atoms. The number of halogens is 1. The van der Waals surface area contributed by atoms with Crippen LogP contribution in [-0.4, -0.2) is 16.6 Å². The maximum absolute atomic E-state index is 12.1. The molecule has 1 aliphatic heterocycles. The highest BCUT2D eigenvalue weighted by molar-refractivity contribution is 9.11. The van der Waals surface area contributed by atoms with E-state index in [0.29, 0.717) is 12.3 Å². The summed E-state index contributed by atoms with van der Waals surface area (Å²) in [6, 6.07) is 14.3. The van der Waals surface area contributed by atoms with E-state index in [4.69, 9.17) is 0 Å². The average molecular weight is 354 g/mol. The van der Waals surface area contributed by atoms with Crippen molar-refractivity contribution in [2.24, 2.45) is 0 Å². The normalized spacial score (nSPS) is 19.1. The summed E-state index contributed by atoms with van der Waals surface area (Å²) in [4.78, 5) is 15.3. The molecule has 0 saturated carbocycles. The van der Waals surface area contributed by atoms with Gasteiger partial charge >= 0.3 is 0 Å². The van der Waals surface area contributed by atoms with Gasteiger partial charge in [-0.05, 0) is 33.6 Å². The maximum Gasteiger partial charge on any atom is 0.234 e. The first-order chi connectivity index (χ1) is 9.24. The molecular formula is C14H12BrNOS2. The summed E-state index contributed by atoms with van der Waals surface area (Å²) in [7, 11) is 0. The average Bonchev–Trinajstić information content (AvgIpc) is 2.99. The molecule has 1 atom stereocenters. The van der Waals surface area contributed by atoms with Crippen molar-refractivity contribution in [3.8, 4) is 0 Å². The van der Waals surface area contributed by atoms with E-state index < -0.39 is 0 Å². The minimum Gasteiger partial charge on any atom is -0.321 e. The molecule has 3 rings (SSSR count). The van der Waals surface area contributed by atoms with E-state index in [2.05, 4.69) is 34.1 Å². The van der Waals surface area contributed by atoms with Gasteiger partial charge < -0.3 is 4.90 Å². The van der Waals surface area contributed by atoms with Crippen molar-refractivity contribution in [2.45, 2.75) is 11.9 Å². The number of hydrogen-bond acceptors (Lipinski definition) is 3. The minimum atomic E-state index is 0.156. The first-order valence-corrected chi connectivity index (χ1v) is 8.60. The monoisotopic (exact) mass is 353 g/mol. The van der Waals surface area contributed by atoms with Gasteiger partial charge in [0.05, 0.1) is 9.54 Å². The second-order valence-electron chi connectivity index (χ2n) is 4.31. The lowest BCUT2D eigenvalue weighted by atomic mass is 10.2. The van der Waals surface area contributed by atoms with Crippen LogP contribution in [0.25, 0.3) is 0 Å². The van der Waals surface area contributed by atoms with Crippen molar-refractivity contribution in [2.75, 3.05) is 5.75 Å². The Kier molecular flexibility index (Phi) is 3.96. The van der Waals surface area contributed by atoms with E-state index in [9.17, 15) is 4.79 Å². The number of carbonyl (C=O) groups is 1. The summed E-state index contributed by atoms with van der Waals surface area (Å²) < 4.78 is 1.11. The lowest BCUT2D eigenvalue weighted by Gasteiger charge is -2.23. The van der Waals surface area contributed by atoms with Crippen LogP contribution in [-0.2, 0) is 11.3 Å². The van der Waals surface area contributed by atoms with Crippen LogP contribution in [0.3, 0.4) is 0 Å². The van der Waals surface area contributed by atoms with Gasteiger partial charge in [0.1, 0.15) is 5.37 Å². The first kappa shape index (κ1) is 13.2. The number of benzene rings is 1. The molecule has 0 radical (unpaired) electrons. The van der Waals surface area contributed by atoms with Gasteiger partial charge in [-0.2, -0.15) is 0 Å². The largest absolute Gasteiger partial charge is 0.321 e. The van der Waals surface area contributed by atoms with Gasteiger partial charge in [0.25, 0.3) is 0 Å². The van der Waals surface area contributed by atoms with Crippen molar-refractivity contribution >= 4 is 44.9 Å². The van der Waals surface area contributed by atoms with Crippen LogP contribution in [0, 0.1) is 0 Å². The van der Waals surface area contributed by atoms with Crippen LogP contribution < -0.4 is 0 Å². The molecule has 2 heterocycles. The Morgan fingerprint density at radius 2 is 2.00 bits per heavy atom. The van der Waals surface area contributed by atoms with E-state index in [-0.39, 0.29) is 11.3 Å². The SMILES string of the molecule is O=C1CSC(c2ccc(Br)s2)N1Cc1ccccc1. The molecule has 1 aromatic heterocycles. The number of thioether (sulfide) groups is 1. The van der Waals surface area contributed by atoms with Crippen LogP contribution >= 0.6 is 39.0 Å². The molecule has 5 heteroatoms. The van der Waals surface area contributed by atoms with Crippen LogP contribution in [0.4, 0.5) is 0 Å². The molecule has 1 saturated heterocycles. The van der Waals surface area contributed by atoms with Crippen LogP contribution in [0.2, 0.25) is 0 Å². The fourth-order valence-electron chi connectivity index (χ4n) is 2.10. The number of hydrogen-bond donors (Lipinski definition) is 0. The Bertz CT molecular complexity index is 584. The highest BCUT2D eigenvalue weighted by Crippen LogP contribution is 2.43. The summed E-state index contributed by atoms with van der Waals surface area (Å²) in [5.41, 5.74) is 1.18. The van der Waals surface area contributed by atoms with E-state index >= 15 is 0 Å². The van der Waals surface area contributed by atoms with E-state index in [0.717, 1.165) is 3.79 Å². The lowest BCUT2D eigenvalue weighted by Crippen LogP contribution is -2.27. The van der Waals surface area contributed by atoms with Crippen molar-refractivity contribution in [3.05, 3.63) is 56.7 Å². The topological polar surface area (TPSA) is 20.3 Å². The fraction of sp³-hybridized carbons (Fsp3) is 0.214. The van der Waals surface area contributed by atoms with Crippen molar-refractivity contribution in [1.29, 1.82) is 0 Å². The van der Waals surface area contributed by atoms with Gasteiger partial charge in [-0.25, -0.2) is 0 Å². The zero-order valence-corrected chi connectivity index (χ0v) is 13.3. The number of rotatable bonds is 3. The predicted molar refractivity (Wildman–Crippen MR) is 84.2 cm³/mol. The minimum absolute atomic E-state index is 0.156. The van der Waals surface area contributed by atoms with Gasteiger partial charge in [-0.1, -0.05) is 30.3 Å². The molecule has 2 nitrogen and oxygen atoms in total. The van der Waals surface area contributed by atoms with E-state index in [1.165, 1.54) is 10.4 Å². The van der Waals surface area contributed by atoms with Gasteiger partial charge in [0, 0.05) is 11.4 Å². The highest BCUT2D eigenvalue weighted by Gasteiger charge is 2.33. The third-order valence-corrected chi connectivity index (χ3v) is 6.06. The summed E-state index contributed by atoms with van der Waals surface area (Å²) in [5.74, 6) is 0.802. The lowest BCUT2D eigenvalue weighted by molar-refractivity contribution is -0.128. The standard InChI is InChI=1S/C14H12BrNOS2/c15-12-7-6-11(19-12)14-16(13(17)9-18-14)8-10-4-2-1-3-5-10/h1-7,14H,8-9H2. The Balaban J connectivity index is 1.83. The van der Waals surface area contributed by atoms with Crippen molar-refractivity contribution < 1.29 is 4.79 Å².